The average molecular weight is 476 g/mol. The zero-order valence-corrected chi connectivity index (χ0v) is 20.9. The van der Waals surface area contributed by atoms with Gasteiger partial charge in [-0.3, -0.25) is 9.59 Å². The molecule has 2 aliphatic heterocycles. The first-order valence-corrected chi connectivity index (χ1v) is 12.3. The Balaban J connectivity index is 1.42. The van der Waals surface area contributed by atoms with Crippen LogP contribution in [0.2, 0.25) is 0 Å². The number of piperazine rings is 2. The molecule has 0 radical (unpaired) electrons. The summed E-state index contributed by atoms with van der Waals surface area (Å²) >= 11 is 0. The van der Waals surface area contributed by atoms with Crippen LogP contribution in [0, 0.1) is 0 Å². The van der Waals surface area contributed by atoms with E-state index >= 15 is 0 Å². The summed E-state index contributed by atoms with van der Waals surface area (Å²) in [6, 6.07) is 8.17. The summed E-state index contributed by atoms with van der Waals surface area (Å²) in [5, 5.41) is 0.887. The molecule has 0 saturated carbocycles. The Hall–Kier alpha value is -3.46. The van der Waals surface area contributed by atoms with Crippen molar-refractivity contribution in [3.63, 3.8) is 0 Å². The van der Waals surface area contributed by atoms with Crippen LogP contribution in [0.3, 0.4) is 0 Å². The van der Waals surface area contributed by atoms with Crippen LogP contribution < -0.4 is 4.90 Å². The lowest BCUT2D eigenvalue weighted by Gasteiger charge is -2.44. The SMILES string of the molecule is CC(=O)N1[C@H](C)CN(c2cccc(-c3c[nH]c4ncc(C(=O)N5CCN(C)CC5)cc34)n2)C[C@@H]1C. The number of nitrogens with zero attached hydrogens (tertiary/aromatic N) is 6. The molecule has 0 bridgehead atoms. The monoisotopic (exact) mass is 475 g/mol. The van der Waals surface area contributed by atoms with Crippen molar-refractivity contribution in [1.29, 1.82) is 0 Å². The van der Waals surface area contributed by atoms with E-state index in [1.54, 1.807) is 13.1 Å². The fraction of sp³-hybridized carbons (Fsp3) is 0.462. The summed E-state index contributed by atoms with van der Waals surface area (Å²) < 4.78 is 0. The van der Waals surface area contributed by atoms with Crippen LogP contribution in [0.15, 0.2) is 36.7 Å². The van der Waals surface area contributed by atoms with E-state index in [0.717, 1.165) is 67.4 Å². The first-order valence-electron chi connectivity index (χ1n) is 12.3. The van der Waals surface area contributed by atoms with E-state index in [2.05, 4.69) is 40.7 Å². The summed E-state index contributed by atoms with van der Waals surface area (Å²) in [4.78, 5) is 46.2. The van der Waals surface area contributed by atoms with Gasteiger partial charge in [0.1, 0.15) is 11.5 Å². The molecular formula is C26H33N7O2. The topological polar surface area (TPSA) is 88.7 Å². The van der Waals surface area contributed by atoms with E-state index in [1.165, 1.54) is 0 Å². The van der Waals surface area contributed by atoms with Gasteiger partial charge in [-0.2, -0.15) is 0 Å². The Kier molecular flexibility index (Phi) is 6.19. The van der Waals surface area contributed by atoms with Crippen LogP contribution >= 0.6 is 0 Å². The molecule has 5 rings (SSSR count). The maximum Gasteiger partial charge on any atom is 0.255 e. The molecule has 9 heteroatoms. The number of nitrogens with one attached hydrogen (secondary N) is 1. The molecule has 35 heavy (non-hydrogen) atoms. The Morgan fingerprint density at radius 3 is 2.46 bits per heavy atom. The van der Waals surface area contributed by atoms with E-state index in [4.69, 9.17) is 4.98 Å². The van der Waals surface area contributed by atoms with Crippen LogP contribution in [-0.4, -0.2) is 99.9 Å². The molecule has 3 aromatic heterocycles. The largest absolute Gasteiger partial charge is 0.352 e. The predicted molar refractivity (Wildman–Crippen MR) is 136 cm³/mol. The van der Waals surface area contributed by atoms with E-state index in [0.29, 0.717) is 5.56 Å². The van der Waals surface area contributed by atoms with Gasteiger partial charge in [0.25, 0.3) is 5.91 Å². The number of fused-ring (bicyclic) bond motifs is 1. The third-order valence-electron chi connectivity index (χ3n) is 7.19. The molecule has 2 aliphatic rings. The standard InChI is InChI=1S/C26H33N7O2/c1-17-15-32(16-18(2)33(17)19(3)34)24-7-5-6-23(29-24)22-14-28-25-21(22)12-20(13-27-25)26(35)31-10-8-30(4)9-11-31/h5-7,12-14,17-18H,8-11,15-16H2,1-4H3,(H,27,28)/t17-,18+. The molecule has 0 spiro atoms. The van der Waals surface area contributed by atoms with Crippen LogP contribution in [0.4, 0.5) is 5.82 Å². The normalized spacial score (nSPS) is 21.5. The van der Waals surface area contributed by atoms with Crippen molar-refractivity contribution in [2.45, 2.75) is 32.9 Å². The second-order valence-electron chi connectivity index (χ2n) is 9.83. The van der Waals surface area contributed by atoms with Crippen LogP contribution in [0.25, 0.3) is 22.3 Å². The van der Waals surface area contributed by atoms with Crippen molar-refractivity contribution in [3.8, 4) is 11.3 Å². The van der Waals surface area contributed by atoms with Gasteiger partial charge >= 0.3 is 0 Å². The molecule has 1 N–H and O–H groups in total. The fourth-order valence-corrected chi connectivity index (χ4v) is 5.40. The van der Waals surface area contributed by atoms with Crippen LogP contribution in [0.5, 0.6) is 0 Å². The van der Waals surface area contributed by atoms with E-state index in [1.807, 2.05) is 40.3 Å². The highest BCUT2D eigenvalue weighted by molar-refractivity contribution is 6.00. The molecule has 2 saturated heterocycles. The van der Waals surface area contributed by atoms with Gasteiger partial charge in [0.2, 0.25) is 5.91 Å². The molecule has 5 heterocycles. The van der Waals surface area contributed by atoms with E-state index in [-0.39, 0.29) is 23.9 Å². The second kappa shape index (κ2) is 9.30. The molecule has 2 amide bonds. The summed E-state index contributed by atoms with van der Waals surface area (Å²) in [5.41, 5.74) is 3.08. The highest BCUT2D eigenvalue weighted by Gasteiger charge is 2.31. The number of H-pyrrole nitrogens is 1. The molecule has 9 nitrogen and oxygen atoms in total. The number of pyridine rings is 2. The van der Waals surface area contributed by atoms with Gasteiger partial charge in [-0.1, -0.05) is 6.07 Å². The van der Waals surface area contributed by atoms with Crippen molar-refractivity contribution in [3.05, 3.63) is 42.2 Å². The van der Waals surface area contributed by atoms with Gasteiger partial charge < -0.3 is 24.6 Å². The highest BCUT2D eigenvalue weighted by atomic mass is 16.2. The number of aromatic nitrogens is 3. The summed E-state index contributed by atoms with van der Waals surface area (Å²) in [7, 11) is 2.08. The third-order valence-corrected chi connectivity index (χ3v) is 7.19. The van der Waals surface area contributed by atoms with Gasteiger partial charge in [0.15, 0.2) is 0 Å². The Labute approximate surface area is 205 Å². The summed E-state index contributed by atoms with van der Waals surface area (Å²) in [6.07, 6.45) is 3.57. The molecular weight excluding hydrogens is 442 g/mol. The lowest BCUT2D eigenvalue weighted by Crippen LogP contribution is -2.58. The fourth-order valence-electron chi connectivity index (χ4n) is 5.40. The van der Waals surface area contributed by atoms with Gasteiger partial charge in [0, 0.05) is 81.6 Å². The zero-order valence-electron chi connectivity index (χ0n) is 20.9. The van der Waals surface area contributed by atoms with Gasteiger partial charge in [-0.15, -0.1) is 0 Å². The minimum atomic E-state index is 0.0210. The Bertz CT molecular complexity index is 1240. The molecule has 0 aliphatic carbocycles. The Morgan fingerprint density at radius 1 is 1.06 bits per heavy atom. The summed E-state index contributed by atoms with van der Waals surface area (Å²) in [5.74, 6) is 1.02. The molecule has 2 fully saturated rings. The maximum absolute atomic E-state index is 13.1. The van der Waals surface area contributed by atoms with Crippen molar-refractivity contribution < 1.29 is 9.59 Å². The van der Waals surface area contributed by atoms with Crippen molar-refractivity contribution in [2.75, 3.05) is 51.2 Å². The van der Waals surface area contributed by atoms with Crippen LogP contribution in [-0.2, 0) is 4.79 Å². The molecule has 184 valence electrons. The van der Waals surface area contributed by atoms with Gasteiger partial charge in [-0.25, -0.2) is 9.97 Å². The third kappa shape index (κ3) is 4.48. The summed E-state index contributed by atoms with van der Waals surface area (Å²) in [6.45, 7) is 10.5. The smallest absolute Gasteiger partial charge is 0.255 e. The van der Waals surface area contributed by atoms with Crippen molar-refractivity contribution in [2.24, 2.45) is 0 Å². The zero-order chi connectivity index (χ0) is 24.7. The molecule has 0 aromatic carbocycles. The highest BCUT2D eigenvalue weighted by Crippen LogP contribution is 2.30. The number of carbonyl (C=O) groups is 2. The lowest BCUT2D eigenvalue weighted by atomic mass is 10.1. The number of rotatable bonds is 3. The van der Waals surface area contributed by atoms with E-state index < -0.39 is 0 Å². The van der Waals surface area contributed by atoms with Crippen molar-refractivity contribution in [1.82, 2.24) is 29.7 Å². The van der Waals surface area contributed by atoms with Crippen molar-refractivity contribution >= 4 is 28.7 Å². The number of hydrogen-bond acceptors (Lipinski definition) is 6. The number of amides is 2. The first-order chi connectivity index (χ1) is 16.8. The lowest BCUT2D eigenvalue weighted by molar-refractivity contribution is -0.133. The van der Waals surface area contributed by atoms with Gasteiger partial charge in [-0.05, 0) is 39.1 Å². The quantitative estimate of drug-likeness (QED) is 0.626. The number of hydrogen-bond donors (Lipinski definition) is 1. The minimum absolute atomic E-state index is 0.0210. The average Bonchev–Trinajstić information content (AvgIpc) is 3.27. The first kappa shape index (κ1) is 23.3. The predicted octanol–water partition coefficient (Wildman–Crippen LogP) is 2.46. The second-order valence-corrected chi connectivity index (χ2v) is 9.83. The maximum atomic E-state index is 13.1. The molecule has 2 atom stereocenters. The number of carbonyl (C=O) groups excluding carboxylic acids is 2. The van der Waals surface area contributed by atoms with E-state index in [9.17, 15) is 9.59 Å². The molecule has 3 aromatic rings. The molecule has 0 unspecified atom stereocenters. The van der Waals surface area contributed by atoms with Crippen LogP contribution in [0.1, 0.15) is 31.1 Å². The minimum Gasteiger partial charge on any atom is -0.352 e. The number of aromatic amines is 1. The van der Waals surface area contributed by atoms with Gasteiger partial charge in [0.05, 0.1) is 11.3 Å². The number of likely N-dealkylation sites (N-methyl/N-ethyl adjacent to an activating group) is 1. The Morgan fingerprint density at radius 2 is 1.77 bits per heavy atom. The number of anilines is 1.